The average Bonchev–Trinajstić information content (AvgIpc) is 0.759. The summed E-state index contributed by atoms with van der Waals surface area (Å²) in [6, 6.07) is -11.3. The van der Waals surface area contributed by atoms with Crippen LogP contribution in [0.25, 0.3) is 0 Å². The van der Waals surface area contributed by atoms with Gasteiger partial charge in [-0.1, -0.05) is 0 Å². The second kappa shape index (κ2) is 48.2. The van der Waals surface area contributed by atoms with Crippen LogP contribution in [0.2, 0.25) is 0 Å². The van der Waals surface area contributed by atoms with Gasteiger partial charge in [-0.15, -0.1) is 0 Å². The Morgan fingerprint density at radius 3 is 0.969 bits per heavy atom. The molecule has 9 saturated heterocycles. The molecule has 57 heteroatoms. The standard InChI is InChI=1S/C72H122N6O51/c1-18(88)73-24(7-79)40(95)57(25(94)8-80)123-67-38(77-22(5)92)50(105)59(31(14-86)118-67)126-70-56(111)61(46(101)34(121-70)17-113-71-62(128-65-36(75-20(3)90)48(103)42(97)27(10-82)115-65)53(108)45(100)33(122-71)16-112-64-35(74-19(2)89)47(102)41(96)26(9-81)114-64)127-72-63(129-66-37(76-21(4)91)49(104)43(98)28(11-83)116-66)55(110)60(32(15-87)120-72)124-68-39(78-23(6)93)51(106)58(30(13-85)119-68)125-69-54(109)52(107)44(99)29(12-84)117-69/h24-72,79-87,94-111H,7-17H2,1-6H3,(H,73,88)(H,74,89)(H,75,90)(H,76,91)(H,77,92)(H,78,93)/t24-,25+,26+,27+,28+,29+,30+,31+,32+,33+,34+,35+,36+,37+,38+,39+,40+,41+,42+,43+,44-,45+,46+,47+,48+,49+,50+,51+,52-,53-,54+,55-,56-,57+,58+,59+,60+,61-,62-,63-,64+,65-,66-,67-,68-,69-,70-,71-,72+/m0/s1. The molecule has 57 nitrogen and oxygen atoms in total. The minimum Gasteiger partial charge on any atom is -0.394 e. The van der Waals surface area contributed by atoms with Crippen LogP contribution < -0.4 is 31.9 Å². The van der Waals surface area contributed by atoms with Gasteiger partial charge in [-0.05, 0) is 0 Å². The van der Waals surface area contributed by atoms with E-state index in [1.807, 2.05) is 0 Å². The van der Waals surface area contributed by atoms with Crippen LogP contribution in [0.1, 0.15) is 41.5 Å². The van der Waals surface area contributed by atoms with E-state index in [0.29, 0.717) is 0 Å². The molecule has 6 amide bonds. The van der Waals surface area contributed by atoms with Crippen molar-refractivity contribution in [3.63, 3.8) is 0 Å². The molecule has 9 aliphatic heterocycles. The van der Waals surface area contributed by atoms with Crippen molar-refractivity contribution in [3.8, 4) is 0 Å². The van der Waals surface area contributed by atoms with E-state index in [4.69, 9.17) is 85.3 Å². The number of hydrogen-bond donors (Lipinski definition) is 33. The largest absolute Gasteiger partial charge is 0.394 e. The van der Waals surface area contributed by atoms with Crippen LogP contribution in [0.15, 0.2) is 0 Å². The van der Waals surface area contributed by atoms with Crippen molar-refractivity contribution in [2.75, 3.05) is 72.7 Å². The highest BCUT2D eigenvalue weighted by Crippen LogP contribution is 2.41. The number of carbonyl (C=O) groups excluding carboxylic acids is 6. The SMILES string of the molecule is CC(=O)N[C@H]1[C@H](O[C@@H]([C@H](O)[C@H](CO)NC(C)=O)[C@H](O)CO)O[C@H](CO)[C@@H](O[C@@H]2O[C@H](CO[C@H]3O[C@H](CO[C@@H]4O[C@H](CO)[C@@H](O)[C@H](O)[C@H]4NC(C)=O)[C@@H](O)[C@H](O)[C@@H]3O[C@@H]3O[C@H](CO)[C@@H](O)[C@H](O)[C@H]3NC(C)=O)[C@@H](O)[C@H](O[C@H]3O[C@H](CO)[C@@H](O[C@@H]4O[C@H](CO)[C@@H](O[C@@H]5O[C@H](CO)[C@H](O)[C@H](O)[C@H]5O)[C@H](O)[C@H]4NC(C)=O)[C@H](O)[C@@H]3O[C@@H]3O[C@H](CO)[C@@H](O)[C@H](O)[C@H]3NC(C)=O)[C@@H]2O)[C@@H]1O. The molecule has 9 heterocycles. The molecule has 49 atom stereocenters. The van der Waals surface area contributed by atoms with E-state index in [9.17, 15) is 167 Å². The number of amides is 6. The van der Waals surface area contributed by atoms with Gasteiger partial charge in [-0.2, -0.15) is 0 Å². The van der Waals surface area contributed by atoms with Crippen molar-refractivity contribution in [1.82, 2.24) is 31.9 Å². The Morgan fingerprint density at radius 1 is 0.264 bits per heavy atom. The van der Waals surface area contributed by atoms with Crippen LogP contribution in [0.5, 0.6) is 0 Å². The van der Waals surface area contributed by atoms with Gasteiger partial charge in [0.05, 0.1) is 78.7 Å². The maximum atomic E-state index is 13.2. The number of carbonyl (C=O) groups is 6. The van der Waals surface area contributed by atoms with Gasteiger partial charge in [0.1, 0.15) is 238 Å². The zero-order valence-corrected chi connectivity index (χ0v) is 69.9. The Kier molecular flexibility index (Phi) is 40.2. The van der Waals surface area contributed by atoms with Crippen molar-refractivity contribution in [1.29, 1.82) is 0 Å². The lowest BCUT2D eigenvalue weighted by atomic mass is 9.93. The van der Waals surface area contributed by atoms with Crippen LogP contribution >= 0.6 is 0 Å². The Bertz CT molecular complexity index is 3510. The second-order valence-corrected chi connectivity index (χ2v) is 32.2. The predicted octanol–water partition coefficient (Wildman–Crippen LogP) is -22.3. The summed E-state index contributed by atoms with van der Waals surface area (Å²) in [5.74, 6) is -5.60. The normalized spacial score (nSPS) is 45.0. The first-order valence-corrected chi connectivity index (χ1v) is 41.0. The Morgan fingerprint density at radius 2 is 0.558 bits per heavy atom. The average molecular weight is 1890 g/mol. The molecule has 9 aliphatic rings. The summed E-state index contributed by atoms with van der Waals surface area (Å²) >= 11 is 0. The van der Waals surface area contributed by atoms with Crippen LogP contribution in [-0.4, -0.2) is 546 Å². The van der Waals surface area contributed by atoms with Gasteiger partial charge in [0.15, 0.2) is 56.6 Å². The van der Waals surface area contributed by atoms with E-state index in [1.165, 1.54) is 0 Å². The minimum atomic E-state index is -2.73. The second-order valence-electron chi connectivity index (χ2n) is 32.2. The molecular formula is C72H122N6O51. The van der Waals surface area contributed by atoms with E-state index < -0.39 is 409 Å². The van der Waals surface area contributed by atoms with Crippen LogP contribution in [0, 0.1) is 0 Å². The number of rotatable bonds is 38. The highest BCUT2D eigenvalue weighted by molar-refractivity contribution is 5.75. The third-order valence-corrected chi connectivity index (χ3v) is 22.9. The topological polar surface area (TPSA) is 887 Å². The van der Waals surface area contributed by atoms with Crippen molar-refractivity contribution in [3.05, 3.63) is 0 Å². The quantitative estimate of drug-likeness (QED) is 0.0273. The van der Waals surface area contributed by atoms with Crippen molar-refractivity contribution >= 4 is 35.4 Å². The number of aliphatic hydroxyl groups excluding tert-OH is 27. The molecule has 0 bridgehead atoms. The summed E-state index contributed by atoms with van der Waals surface area (Å²) in [4.78, 5) is 76.6. The van der Waals surface area contributed by atoms with E-state index >= 15 is 0 Å². The number of aliphatic hydroxyl groups is 27. The molecule has 0 radical (unpaired) electrons. The molecule has 0 saturated carbocycles. The highest BCUT2D eigenvalue weighted by Gasteiger charge is 2.62. The summed E-state index contributed by atoms with van der Waals surface area (Å²) in [5, 5.41) is 318. The van der Waals surface area contributed by atoms with Crippen molar-refractivity contribution in [2.45, 2.75) is 342 Å². The molecule has 0 spiro atoms. The molecule has 9 rings (SSSR count). The third-order valence-electron chi connectivity index (χ3n) is 22.9. The summed E-state index contributed by atoms with van der Waals surface area (Å²) in [5.41, 5.74) is 0. The van der Waals surface area contributed by atoms with E-state index in [1.54, 1.807) is 0 Å². The van der Waals surface area contributed by atoms with E-state index in [2.05, 4.69) is 31.9 Å². The molecule has 33 N–H and O–H groups in total. The third kappa shape index (κ3) is 25.3. The molecule has 0 aromatic rings. The molecule has 0 aromatic heterocycles. The Balaban J connectivity index is 1.15. The maximum Gasteiger partial charge on any atom is 0.217 e. The fraction of sp³-hybridized carbons (Fsp3) is 0.917. The van der Waals surface area contributed by atoms with E-state index in [0.717, 1.165) is 41.5 Å². The summed E-state index contributed by atoms with van der Waals surface area (Å²) in [6.45, 7) is -7.08. The van der Waals surface area contributed by atoms with Gasteiger partial charge in [-0.25, -0.2) is 0 Å². The smallest absolute Gasteiger partial charge is 0.217 e. The van der Waals surface area contributed by atoms with Gasteiger partial charge >= 0.3 is 0 Å². The molecular weight excluding hydrogens is 1760 g/mol. The predicted molar refractivity (Wildman–Crippen MR) is 401 cm³/mol. The van der Waals surface area contributed by atoms with Gasteiger partial charge in [0.2, 0.25) is 35.4 Å². The lowest BCUT2D eigenvalue weighted by Crippen LogP contribution is -2.71. The lowest BCUT2D eigenvalue weighted by molar-refractivity contribution is -0.404. The van der Waals surface area contributed by atoms with E-state index in [-0.39, 0.29) is 0 Å². The van der Waals surface area contributed by atoms with Crippen LogP contribution in [0.3, 0.4) is 0 Å². The fourth-order valence-electron chi connectivity index (χ4n) is 16.2. The molecule has 0 unspecified atom stereocenters. The van der Waals surface area contributed by atoms with Crippen LogP contribution in [0.4, 0.5) is 0 Å². The van der Waals surface area contributed by atoms with Crippen molar-refractivity contribution in [2.24, 2.45) is 0 Å². The molecule has 9 fully saturated rings. The molecule has 0 aromatic carbocycles. The molecule has 129 heavy (non-hydrogen) atoms. The fourth-order valence-corrected chi connectivity index (χ4v) is 16.2. The number of nitrogens with one attached hydrogen (secondary N) is 6. The summed E-state index contributed by atoms with van der Waals surface area (Å²) in [7, 11) is 0. The maximum absolute atomic E-state index is 13.2. The van der Waals surface area contributed by atoms with Gasteiger partial charge < -0.3 is 255 Å². The Labute approximate surface area is 731 Å². The van der Waals surface area contributed by atoms with Gasteiger partial charge in [0, 0.05) is 41.5 Å². The first-order chi connectivity index (χ1) is 61.0. The van der Waals surface area contributed by atoms with Gasteiger partial charge in [0.25, 0.3) is 0 Å². The molecule has 0 aliphatic carbocycles. The zero-order valence-electron chi connectivity index (χ0n) is 69.9. The monoisotopic (exact) mass is 1890 g/mol. The molecule has 746 valence electrons. The first-order valence-electron chi connectivity index (χ1n) is 41.0. The summed E-state index contributed by atoms with van der Waals surface area (Å²) in [6.07, 6.45) is -93.9. The van der Waals surface area contributed by atoms with Crippen molar-refractivity contribution < 1.29 is 252 Å². The highest BCUT2D eigenvalue weighted by atomic mass is 16.8. The Hall–Kier alpha value is -4.98. The zero-order chi connectivity index (χ0) is 95.5. The first kappa shape index (κ1) is 108. The number of hydrogen-bond acceptors (Lipinski definition) is 51. The number of ether oxygens (including phenoxy) is 18. The summed E-state index contributed by atoms with van der Waals surface area (Å²) < 4.78 is 109. The van der Waals surface area contributed by atoms with Crippen LogP contribution in [-0.2, 0) is 114 Å². The lowest BCUT2D eigenvalue weighted by Gasteiger charge is -2.52. The van der Waals surface area contributed by atoms with Gasteiger partial charge in [-0.3, -0.25) is 28.8 Å². The minimum absolute atomic E-state index is 0.831.